The topological polar surface area (TPSA) is 131 Å². The summed E-state index contributed by atoms with van der Waals surface area (Å²) in [7, 11) is 0. The summed E-state index contributed by atoms with van der Waals surface area (Å²) in [5, 5.41) is 25.7. The van der Waals surface area contributed by atoms with E-state index in [4.69, 9.17) is 11.5 Å². The summed E-state index contributed by atoms with van der Waals surface area (Å²) in [6.45, 7) is 2.05. The third kappa shape index (κ3) is 3.40. The minimum atomic E-state index is -0.846. The van der Waals surface area contributed by atoms with Gasteiger partial charge in [0.1, 0.15) is 18.0 Å². The first-order valence-electron chi connectivity index (χ1n) is 10.3. The van der Waals surface area contributed by atoms with Crippen molar-refractivity contribution in [3.8, 4) is 0 Å². The first-order valence-corrected chi connectivity index (χ1v) is 11.2. The summed E-state index contributed by atoms with van der Waals surface area (Å²) < 4.78 is 0. The van der Waals surface area contributed by atoms with E-state index in [1.807, 2.05) is 17.5 Å². The lowest BCUT2D eigenvalue weighted by atomic mass is 9.80. The lowest BCUT2D eigenvalue weighted by molar-refractivity contribution is -0.0199. The molecule has 0 unspecified atom stereocenters. The van der Waals surface area contributed by atoms with Crippen molar-refractivity contribution in [1.82, 2.24) is 15.0 Å². The van der Waals surface area contributed by atoms with Crippen LogP contribution in [0.2, 0.25) is 0 Å². The van der Waals surface area contributed by atoms with Crippen LogP contribution in [-0.4, -0.2) is 37.4 Å². The van der Waals surface area contributed by atoms with E-state index in [1.165, 1.54) is 17.7 Å². The summed E-state index contributed by atoms with van der Waals surface area (Å²) in [4.78, 5) is 13.8. The predicted octanol–water partition coefficient (Wildman–Crippen LogP) is 3.25. The number of nitrogens with zero attached hydrogens (tertiary/aromatic N) is 3. The number of aliphatic hydroxyl groups is 2. The standard InChI is InChI=1S/C23H25N5O2S/c1-23(7-6-12-2-3-13-4-5-17(24)28-16(13)8-12)9-14(19(29)21(23)30)20-18-15(10-31-20)22(25)27-11-26-18/h2-5,8,10-11,14,19,21,29-30H,6-7,9H2,1H3,(H2,24,28)(H2,25,26,27)/t14-,19+,21+,23+/m1/s1. The van der Waals surface area contributed by atoms with Gasteiger partial charge >= 0.3 is 0 Å². The quantitative estimate of drug-likeness (QED) is 0.387. The molecule has 5 rings (SSSR count). The minimum Gasteiger partial charge on any atom is -0.390 e. The number of fused-ring (bicyclic) bond motifs is 2. The maximum atomic E-state index is 11.0. The van der Waals surface area contributed by atoms with Crippen LogP contribution < -0.4 is 11.5 Å². The van der Waals surface area contributed by atoms with E-state index >= 15 is 0 Å². The van der Waals surface area contributed by atoms with Crippen LogP contribution in [0, 0.1) is 5.41 Å². The van der Waals surface area contributed by atoms with Crippen LogP contribution in [-0.2, 0) is 6.42 Å². The SMILES string of the molecule is C[C@]1(CCc2ccc3ccc(N)nc3c2)C[C@@H](c2scc3c(N)ncnc23)[C@H](O)[C@@H]1O. The molecule has 8 heteroatoms. The van der Waals surface area contributed by atoms with Crippen molar-refractivity contribution in [2.24, 2.45) is 5.41 Å². The van der Waals surface area contributed by atoms with Crippen molar-refractivity contribution in [3.63, 3.8) is 0 Å². The first kappa shape index (κ1) is 20.1. The molecule has 3 heterocycles. The Balaban J connectivity index is 1.39. The van der Waals surface area contributed by atoms with E-state index in [0.29, 0.717) is 18.1 Å². The number of rotatable bonds is 4. The number of anilines is 2. The second kappa shape index (κ2) is 7.40. The Bertz CT molecular complexity index is 1280. The fourth-order valence-electron chi connectivity index (χ4n) is 4.80. The number of aromatic nitrogens is 3. The van der Waals surface area contributed by atoms with Gasteiger partial charge in [-0.2, -0.15) is 0 Å². The summed E-state index contributed by atoms with van der Waals surface area (Å²) in [6.07, 6.45) is 1.98. The number of hydrogen-bond acceptors (Lipinski definition) is 8. The molecule has 31 heavy (non-hydrogen) atoms. The summed E-state index contributed by atoms with van der Waals surface area (Å²) in [6, 6.07) is 9.95. The van der Waals surface area contributed by atoms with Gasteiger partial charge in [-0.3, -0.25) is 0 Å². The molecular weight excluding hydrogens is 410 g/mol. The smallest absolute Gasteiger partial charge is 0.135 e. The largest absolute Gasteiger partial charge is 0.390 e. The van der Waals surface area contributed by atoms with Crippen LogP contribution in [0.1, 0.15) is 36.1 Å². The van der Waals surface area contributed by atoms with Crippen molar-refractivity contribution in [2.75, 3.05) is 11.5 Å². The van der Waals surface area contributed by atoms with E-state index in [1.54, 1.807) is 6.07 Å². The fourth-order valence-corrected chi connectivity index (χ4v) is 5.95. The molecular formula is C23H25N5O2S. The zero-order valence-corrected chi connectivity index (χ0v) is 18.0. The molecule has 3 aromatic heterocycles. The average Bonchev–Trinajstić information content (AvgIpc) is 3.28. The highest BCUT2D eigenvalue weighted by Crippen LogP contribution is 2.51. The second-order valence-corrected chi connectivity index (χ2v) is 9.70. The number of nitrogen functional groups attached to an aromatic ring is 2. The van der Waals surface area contributed by atoms with E-state index in [9.17, 15) is 10.2 Å². The molecule has 160 valence electrons. The Labute approximate surface area is 183 Å². The third-order valence-electron chi connectivity index (χ3n) is 6.69. The Kier molecular flexibility index (Phi) is 4.80. The molecule has 1 fully saturated rings. The van der Waals surface area contributed by atoms with Crippen molar-refractivity contribution in [1.29, 1.82) is 0 Å². The Morgan fingerprint density at radius 1 is 1.16 bits per heavy atom. The molecule has 0 spiro atoms. The fraction of sp³-hybridized carbons (Fsp3) is 0.348. The Hall–Kier alpha value is -2.81. The van der Waals surface area contributed by atoms with Crippen LogP contribution in [0.3, 0.4) is 0 Å². The molecule has 1 saturated carbocycles. The van der Waals surface area contributed by atoms with Crippen molar-refractivity contribution in [3.05, 3.63) is 52.5 Å². The molecule has 6 N–H and O–H groups in total. The van der Waals surface area contributed by atoms with Crippen molar-refractivity contribution < 1.29 is 10.2 Å². The highest BCUT2D eigenvalue weighted by molar-refractivity contribution is 7.11. The number of nitrogens with two attached hydrogens (primary N) is 2. The van der Waals surface area contributed by atoms with Gasteiger partial charge in [0.05, 0.1) is 28.6 Å². The molecule has 1 aromatic carbocycles. The normalized spacial score (nSPS) is 26.1. The predicted molar refractivity (Wildman–Crippen MR) is 124 cm³/mol. The first-order chi connectivity index (χ1) is 14.9. The lowest BCUT2D eigenvalue weighted by Crippen LogP contribution is -2.34. The van der Waals surface area contributed by atoms with Gasteiger partial charge < -0.3 is 21.7 Å². The van der Waals surface area contributed by atoms with Crippen molar-refractivity contribution in [2.45, 2.75) is 44.3 Å². The highest BCUT2D eigenvalue weighted by atomic mass is 32.1. The number of hydrogen-bond donors (Lipinski definition) is 4. The molecule has 4 atom stereocenters. The molecule has 7 nitrogen and oxygen atoms in total. The molecule has 0 aliphatic heterocycles. The van der Waals surface area contributed by atoms with E-state index in [2.05, 4.69) is 34.0 Å². The van der Waals surface area contributed by atoms with Crippen molar-refractivity contribution >= 4 is 44.8 Å². The maximum absolute atomic E-state index is 11.0. The van der Waals surface area contributed by atoms with Gasteiger partial charge in [0.2, 0.25) is 0 Å². The molecule has 0 saturated heterocycles. The number of pyridine rings is 1. The Morgan fingerprint density at radius 2 is 1.97 bits per heavy atom. The summed E-state index contributed by atoms with van der Waals surface area (Å²) in [5.41, 5.74) is 14.2. The lowest BCUT2D eigenvalue weighted by Gasteiger charge is -2.28. The van der Waals surface area contributed by atoms with Crippen LogP contribution in [0.25, 0.3) is 21.8 Å². The van der Waals surface area contributed by atoms with Crippen LogP contribution >= 0.6 is 11.3 Å². The number of benzene rings is 1. The third-order valence-corrected chi connectivity index (χ3v) is 7.79. The molecule has 4 aromatic rings. The molecule has 1 aliphatic carbocycles. The summed E-state index contributed by atoms with van der Waals surface area (Å²) in [5.74, 6) is 0.755. The molecule has 0 amide bonds. The maximum Gasteiger partial charge on any atom is 0.135 e. The average molecular weight is 436 g/mol. The van der Waals surface area contributed by atoms with Gasteiger partial charge in [0.15, 0.2) is 0 Å². The van der Waals surface area contributed by atoms with Gasteiger partial charge in [0, 0.05) is 21.6 Å². The molecule has 1 aliphatic rings. The van der Waals surface area contributed by atoms with Gasteiger partial charge in [0.25, 0.3) is 0 Å². The number of aliphatic hydroxyl groups excluding tert-OH is 2. The molecule has 0 radical (unpaired) electrons. The van der Waals surface area contributed by atoms with Crippen LogP contribution in [0.15, 0.2) is 42.0 Å². The Morgan fingerprint density at radius 3 is 2.81 bits per heavy atom. The van der Waals surface area contributed by atoms with E-state index in [-0.39, 0.29) is 5.92 Å². The van der Waals surface area contributed by atoms with Gasteiger partial charge in [-0.15, -0.1) is 11.3 Å². The minimum absolute atomic E-state index is 0.185. The van der Waals surface area contributed by atoms with Gasteiger partial charge in [-0.25, -0.2) is 15.0 Å². The number of aryl methyl sites for hydroxylation is 1. The van der Waals surface area contributed by atoms with E-state index in [0.717, 1.165) is 45.1 Å². The van der Waals surface area contributed by atoms with Crippen LogP contribution in [0.4, 0.5) is 11.6 Å². The van der Waals surface area contributed by atoms with Gasteiger partial charge in [-0.05, 0) is 48.4 Å². The summed E-state index contributed by atoms with van der Waals surface area (Å²) >= 11 is 1.52. The van der Waals surface area contributed by atoms with Crippen LogP contribution in [0.5, 0.6) is 0 Å². The van der Waals surface area contributed by atoms with E-state index < -0.39 is 17.6 Å². The zero-order chi connectivity index (χ0) is 21.8. The second-order valence-electron chi connectivity index (χ2n) is 8.78. The monoisotopic (exact) mass is 435 g/mol. The highest BCUT2D eigenvalue weighted by Gasteiger charge is 2.50. The molecule has 0 bridgehead atoms. The van der Waals surface area contributed by atoms with Gasteiger partial charge in [-0.1, -0.05) is 19.1 Å². The number of thiophene rings is 1. The zero-order valence-electron chi connectivity index (χ0n) is 17.2.